The second kappa shape index (κ2) is 10.3. The van der Waals surface area contributed by atoms with E-state index in [4.69, 9.17) is 0 Å². The van der Waals surface area contributed by atoms with Gasteiger partial charge in [0, 0.05) is 12.7 Å². The molecule has 0 atom stereocenters. The van der Waals surface area contributed by atoms with Gasteiger partial charge < -0.3 is 14.2 Å². The summed E-state index contributed by atoms with van der Waals surface area (Å²) >= 11 is 0. The van der Waals surface area contributed by atoms with Crippen LogP contribution in [0.3, 0.4) is 0 Å². The van der Waals surface area contributed by atoms with Crippen LogP contribution in [0.1, 0.15) is 5.56 Å². The zero-order chi connectivity index (χ0) is 26.6. The molecule has 0 radical (unpaired) electrons. The third-order valence-electron chi connectivity index (χ3n) is 3.78. The highest BCUT2D eigenvalue weighted by Crippen LogP contribution is 2.30. The van der Waals surface area contributed by atoms with Gasteiger partial charge >= 0.3 is 24.7 Å². The first kappa shape index (κ1) is 27.6. The molecule has 0 spiro atoms. The van der Waals surface area contributed by atoms with E-state index in [1.165, 1.54) is 0 Å². The van der Waals surface area contributed by atoms with Crippen molar-refractivity contribution in [3.05, 3.63) is 29.8 Å². The molecule has 0 saturated heterocycles. The van der Waals surface area contributed by atoms with Crippen molar-refractivity contribution in [2.75, 3.05) is 30.5 Å². The Bertz CT molecular complexity index is 986. The SMILES string of the molecule is Cc1c(OCC(F)(F)F)nc(NC(=O)N(C)c2ccc(OC(F)(F)F)cc2)nc1OCC(F)(F)F. The first-order valence-corrected chi connectivity index (χ1v) is 9.12. The zero-order valence-electron chi connectivity index (χ0n) is 17.6. The summed E-state index contributed by atoms with van der Waals surface area (Å²) in [5, 5.41) is 2.03. The van der Waals surface area contributed by atoms with Gasteiger partial charge in [-0.15, -0.1) is 13.2 Å². The quantitative estimate of drug-likeness (QED) is 0.501. The largest absolute Gasteiger partial charge is 0.573 e. The monoisotopic (exact) mass is 522 g/mol. The Balaban J connectivity index is 2.24. The van der Waals surface area contributed by atoms with Crippen LogP contribution >= 0.6 is 0 Å². The van der Waals surface area contributed by atoms with Crippen molar-refractivity contribution in [2.45, 2.75) is 25.6 Å². The molecule has 2 amide bonds. The number of rotatable bonds is 7. The molecule has 35 heavy (non-hydrogen) atoms. The smallest absolute Gasteiger partial charge is 0.468 e. The Morgan fingerprint density at radius 1 is 0.886 bits per heavy atom. The molecule has 1 aromatic carbocycles. The Morgan fingerprint density at radius 3 is 1.74 bits per heavy atom. The number of aromatic nitrogens is 2. The van der Waals surface area contributed by atoms with E-state index in [-0.39, 0.29) is 5.69 Å². The number of hydrogen-bond acceptors (Lipinski definition) is 6. The van der Waals surface area contributed by atoms with Crippen molar-refractivity contribution in [1.82, 2.24) is 9.97 Å². The molecule has 2 aromatic rings. The van der Waals surface area contributed by atoms with Crippen LogP contribution in [0.25, 0.3) is 0 Å². The highest BCUT2D eigenvalue weighted by atomic mass is 19.4. The topological polar surface area (TPSA) is 85.8 Å². The summed E-state index contributed by atoms with van der Waals surface area (Å²) in [6, 6.07) is 2.91. The molecule has 1 aromatic heterocycles. The molecule has 0 unspecified atom stereocenters. The summed E-state index contributed by atoms with van der Waals surface area (Å²) in [6.45, 7) is -2.65. The number of nitrogens with zero attached hydrogens (tertiary/aromatic N) is 3. The highest BCUT2D eigenvalue weighted by Gasteiger charge is 2.32. The fraction of sp³-hybridized carbons (Fsp3) is 0.389. The maximum atomic E-state index is 12.5. The van der Waals surface area contributed by atoms with Gasteiger partial charge in [0.05, 0.1) is 5.56 Å². The van der Waals surface area contributed by atoms with E-state index >= 15 is 0 Å². The number of benzene rings is 1. The van der Waals surface area contributed by atoms with Crippen LogP contribution < -0.4 is 24.4 Å². The summed E-state index contributed by atoms with van der Waals surface area (Å²) in [7, 11) is 1.16. The first-order valence-electron chi connectivity index (χ1n) is 9.12. The van der Waals surface area contributed by atoms with Gasteiger partial charge in [-0.25, -0.2) is 4.79 Å². The minimum Gasteiger partial charge on any atom is -0.468 e. The van der Waals surface area contributed by atoms with Crippen molar-refractivity contribution in [2.24, 2.45) is 0 Å². The van der Waals surface area contributed by atoms with Gasteiger partial charge in [0.25, 0.3) is 0 Å². The average molecular weight is 522 g/mol. The van der Waals surface area contributed by atoms with Gasteiger partial charge in [0.15, 0.2) is 13.2 Å². The maximum Gasteiger partial charge on any atom is 0.573 e. The highest BCUT2D eigenvalue weighted by molar-refractivity contribution is 6.00. The second-order valence-corrected chi connectivity index (χ2v) is 6.62. The number of nitrogens with one attached hydrogen (secondary N) is 1. The Morgan fingerprint density at radius 2 is 1.34 bits per heavy atom. The zero-order valence-corrected chi connectivity index (χ0v) is 17.6. The number of carbonyl (C=O) groups is 1. The van der Waals surface area contributed by atoms with Crippen LogP contribution in [0, 0.1) is 6.92 Å². The third-order valence-corrected chi connectivity index (χ3v) is 3.78. The molecular formula is C18H15F9N4O4. The van der Waals surface area contributed by atoms with E-state index < -0.39 is 67.0 Å². The first-order chi connectivity index (χ1) is 15.9. The summed E-state index contributed by atoms with van der Waals surface area (Å²) in [4.78, 5) is 20.4. The lowest BCUT2D eigenvalue weighted by atomic mass is 10.3. The minimum absolute atomic E-state index is 0.0335. The van der Waals surface area contributed by atoms with Crippen LogP contribution in [-0.2, 0) is 0 Å². The molecule has 1 N–H and O–H groups in total. The van der Waals surface area contributed by atoms with E-state index in [0.717, 1.165) is 43.1 Å². The molecule has 8 nitrogen and oxygen atoms in total. The Labute approximate surface area is 190 Å². The van der Waals surface area contributed by atoms with Crippen LogP contribution in [0.5, 0.6) is 17.5 Å². The molecule has 17 heteroatoms. The lowest BCUT2D eigenvalue weighted by Gasteiger charge is -2.19. The fourth-order valence-corrected chi connectivity index (χ4v) is 2.28. The van der Waals surface area contributed by atoms with Gasteiger partial charge in [-0.1, -0.05) is 0 Å². The maximum absolute atomic E-state index is 12.5. The Kier molecular flexibility index (Phi) is 8.12. The summed E-state index contributed by atoms with van der Waals surface area (Å²) in [5.74, 6) is -2.95. The van der Waals surface area contributed by atoms with Gasteiger partial charge in [-0.2, -0.15) is 36.3 Å². The molecule has 0 aliphatic rings. The number of anilines is 2. The molecule has 1 heterocycles. The minimum atomic E-state index is -4.94. The van der Waals surface area contributed by atoms with Gasteiger partial charge in [-0.3, -0.25) is 10.2 Å². The predicted molar refractivity (Wildman–Crippen MR) is 100 cm³/mol. The normalized spacial score (nSPS) is 12.2. The molecular weight excluding hydrogens is 507 g/mol. The van der Waals surface area contributed by atoms with E-state index in [1.54, 1.807) is 0 Å². The van der Waals surface area contributed by atoms with Crippen molar-refractivity contribution in [3.63, 3.8) is 0 Å². The number of alkyl halides is 9. The van der Waals surface area contributed by atoms with E-state index in [1.807, 2.05) is 5.32 Å². The van der Waals surface area contributed by atoms with Crippen LogP contribution in [0.4, 0.5) is 55.9 Å². The average Bonchev–Trinajstić information content (AvgIpc) is 2.70. The van der Waals surface area contributed by atoms with Gasteiger partial charge in [-0.05, 0) is 31.2 Å². The number of halogens is 9. The van der Waals surface area contributed by atoms with Crippen molar-refractivity contribution < 1.29 is 58.5 Å². The molecule has 2 rings (SSSR count). The molecule has 0 aliphatic heterocycles. The molecule has 0 fully saturated rings. The molecule has 194 valence electrons. The van der Waals surface area contributed by atoms with Crippen molar-refractivity contribution in [1.29, 1.82) is 0 Å². The lowest BCUT2D eigenvalue weighted by molar-refractivity contribution is -0.274. The standard InChI is InChI=1S/C18H15F9N4O4/c1-9-12(33-7-16(19,20)21)28-14(29-13(9)34-8-17(22,23)24)30-15(32)31(2)10-3-5-11(6-4-10)35-18(25,26)27/h3-6H,7-8H2,1-2H3,(H,28,29,30,32). The number of urea groups is 1. The van der Waals surface area contributed by atoms with E-state index in [0.29, 0.717) is 0 Å². The van der Waals surface area contributed by atoms with Crippen LogP contribution in [0.2, 0.25) is 0 Å². The summed E-state index contributed by atoms with van der Waals surface area (Å²) in [6.07, 6.45) is -14.6. The molecule has 0 bridgehead atoms. The van der Waals surface area contributed by atoms with Crippen LogP contribution in [-0.4, -0.2) is 55.0 Å². The summed E-state index contributed by atoms with van der Waals surface area (Å²) < 4.78 is 124. The fourth-order valence-electron chi connectivity index (χ4n) is 2.28. The predicted octanol–water partition coefficient (Wildman–Crippen LogP) is 5.23. The Hall–Kier alpha value is -3.66. The number of ether oxygens (including phenoxy) is 3. The second-order valence-electron chi connectivity index (χ2n) is 6.62. The molecule has 0 aliphatic carbocycles. The lowest BCUT2D eigenvalue weighted by Crippen LogP contribution is -2.32. The van der Waals surface area contributed by atoms with Crippen molar-refractivity contribution >= 4 is 17.7 Å². The number of hydrogen-bond donors (Lipinski definition) is 1. The van der Waals surface area contributed by atoms with E-state index in [9.17, 15) is 44.3 Å². The van der Waals surface area contributed by atoms with Gasteiger partial charge in [0.2, 0.25) is 17.7 Å². The number of amides is 2. The van der Waals surface area contributed by atoms with E-state index in [2.05, 4.69) is 24.2 Å². The molecule has 0 saturated carbocycles. The van der Waals surface area contributed by atoms with Crippen molar-refractivity contribution in [3.8, 4) is 17.5 Å². The third kappa shape index (κ3) is 9.24. The van der Waals surface area contributed by atoms with Crippen LogP contribution in [0.15, 0.2) is 24.3 Å². The van der Waals surface area contributed by atoms with Gasteiger partial charge in [0.1, 0.15) is 5.75 Å². The summed E-state index contributed by atoms with van der Waals surface area (Å²) in [5.41, 5.74) is -0.365. The number of carbonyl (C=O) groups excluding carboxylic acids is 1.